The molecule has 24 heavy (non-hydrogen) atoms. The molecule has 1 fully saturated rings. The summed E-state index contributed by atoms with van der Waals surface area (Å²) in [6, 6.07) is 6.74. The molecule has 0 bridgehead atoms. The molecule has 0 radical (unpaired) electrons. The molecule has 1 aliphatic heterocycles. The molecule has 2 heterocycles. The first kappa shape index (κ1) is 16.9. The number of nitrogens with zero attached hydrogens (tertiary/aromatic N) is 2. The van der Waals surface area contributed by atoms with Gasteiger partial charge in [0.1, 0.15) is 17.7 Å². The Morgan fingerprint density at radius 1 is 1.25 bits per heavy atom. The largest absolute Gasteiger partial charge is 0.435 e. The van der Waals surface area contributed by atoms with E-state index in [1.54, 1.807) is 24.5 Å². The third kappa shape index (κ3) is 4.30. The number of benzene rings is 1. The normalized spacial score (nSPS) is 18.0. The van der Waals surface area contributed by atoms with Crippen molar-refractivity contribution < 1.29 is 18.6 Å². The van der Waals surface area contributed by atoms with Crippen LogP contribution in [0.3, 0.4) is 0 Å². The van der Waals surface area contributed by atoms with Crippen molar-refractivity contribution in [3.05, 3.63) is 48.0 Å². The molecule has 130 valence electrons. The molecule has 0 spiro atoms. The van der Waals surface area contributed by atoms with Gasteiger partial charge in [-0.3, -0.25) is 4.90 Å². The van der Waals surface area contributed by atoms with Gasteiger partial charge < -0.3 is 14.8 Å². The maximum absolute atomic E-state index is 12.1. The monoisotopic (exact) mass is 337 g/mol. The average molecular weight is 337 g/mol. The minimum atomic E-state index is -2.80. The molecule has 2 N–H and O–H groups in total. The lowest BCUT2D eigenvalue weighted by atomic mass is 9.90. The maximum atomic E-state index is 12.1. The Labute approximate surface area is 139 Å². The number of aliphatic hydroxyl groups excluding tert-OH is 1. The Hall–Kier alpha value is -1.99. The van der Waals surface area contributed by atoms with E-state index in [0.717, 1.165) is 38.0 Å². The molecule has 1 aromatic carbocycles. The first-order chi connectivity index (χ1) is 11.6. The number of nitrogens with one attached hydrogen (secondary N) is 1. The number of piperidine rings is 1. The van der Waals surface area contributed by atoms with E-state index in [-0.39, 0.29) is 11.7 Å². The number of halogens is 2. The topological polar surface area (TPSA) is 61.4 Å². The second-order valence-electron chi connectivity index (χ2n) is 6.06. The molecular weight excluding hydrogens is 316 g/mol. The Balaban J connectivity index is 1.48. The zero-order valence-electron chi connectivity index (χ0n) is 13.2. The lowest BCUT2D eigenvalue weighted by Gasteiger charge is -2.33. The van der Waals surface area contributed by atoms with E-state index >= 15 is 0 Å². The summed E-state index contributed by atoms with van der Waals surface area (Å²) in [5, 5.41) is 10.3. The summed E-state index contributed by atoms with van der Waals surface area (Å²) in [5.41, 5.74) is 1.06. The number of H-pyrrole nitrogens is 1. The average Bonchev–Trinajstić information content (AvgIpc) is 3.11. The quantitative estimate of drug-likeness (QED) is 0.851. The van der Waals surface area contributed by atoms with Crippen molar-refractivity contribution in [1.82, 2.24) is 14.9 Å². The number of likely N-dealkylation sites (tertiary alicyclic amines) is 1. The van der Waals surface area contributed by atoms with Gasteiger partial charge >= 0.3 is 6.61 Å². The van der Waals surface area contributed by atoms with E-state index in [4.69, 9.17) is 0 Å². The van der Waals surface area contributed by atoms with E-state index in [2.05, 4.69) is 19.6 Å². The second kappa shape index (κ2) is 7.72. The van der Waals surface area contributed by atoms with Gasteiger partial charge in [0.15, 0.2) is 0 Å². The molecule has 1 aromatic heterocycles. The summed E-state index contributed by atoms with van der Waals surface area (Å²) in [4.78, 5) is 9.39. The molecule has 0 saturated carbocycles. The minimum Gasteiger partial charge on any atom is -0.435 e. The third-order valence-electron chi connectivity index (χ3n) is 4.43. The SMILES string of the molecule is O[C@@H](c1ncc[nH]1)C1CCN(Cc2ccc(OC(F)F)cc2)CC1. The molecule has 0 amide bonds. The number of imidazole rings is 1. The maximum Gasteiger partial charge on any atom is 0.387 e. The van der Waals surface area contributed by atoms with Crippen molar-refractivity contribution in [2.24, 2.45) is 5.92 Å². The van der Waals surface area contributed by atoms with Gasteiger partial charge in [0, 0.05) is 18.9 Å². The van der Waals surface area contributed by atoms with Gasteiger partial charge in [-0.15, -0.1) is 0 Å². The van der Waals surface area contributed by atoms with Crippen LogP contribution in [-0.2, 0) is 6.54 Å². The summed E-state index contributed by atoms with van der Waals surface area (Å²) in [7, 11) is 0. The Morgan fingerprint density at radius 3 is 2.54 bits per heavy atom. The summed E-state index contributed by atoms with van der Waals surface area (Å²) in [6.45, 7) is -0.260. The number of aliphatic hydroxyl groups is 1. The molecule has 2 aromatic rings. The highest BCUT2D eigenvalue weighted by atomic mass is 19.3. The van der Waals surface area contributed by atoms with Gasteiger partial charge in [-0.25, -0.2) is 4.98 Å². The van der Waals surface area contributed by atoms with E-state index in [0.29, 0.717) is 5.82 Å². The Kier molecular flexibility index (Phi) is 5.42. The standard InChI is InChI=1S/C17H21F2N3O2/c18-17(19)24-14-3-1-12(2-4-14)11-22-9-5-13(6-10-22)15(23)16-20-7-8-21-16/h1-4,7-8,13,15,17,23H,5-6,9-11H2,(H,20,21)/t15-/m1/s1. The number of aromatic amines is 1. The van der Waals surface area contributed by atoms with Crippen LogP contribution in [0.2, 0.25) is 0 Å². The molecule has 0 aliphatic carbocycles. The molecule has 7 heteroatoms. The van der Waals surface area contributed by atoms with Gasteiger partial charge in [0.05, 0.1) is 0 Å². The van der Waals surface area contributed by atoms with Gasteiger partial charge in [-0.1, -0.05) is 12.1 Å². The molecule has 3 rings (SSSR count). The van der Waals surface area contributed by atoms with Crippen molar-refractivity contribution in [1.29, 1.82) is 0 Å². The van der Waals surface area contributed by atoms with Crippen LogP contribution in [0.5, 0.6) is 5.75 Å². The molecular formula is C17H21F2N3O2. The number of ether oxygens (including phenoxy) is 1. The molecule has 1 saturated heterocycles. The van der Waals surface area contributed by atoms with E-state index in [1.165, 1.54) is 0 Å². The van der Waals surface area contributed by atoms with Crippen molar-refractivity contribution in [3.63, 3.8) is 0 Å². The predicted octanol–water partition coefficient (Wildman–Crippen LogP) is 2.96. The molecule has 1 aliphatic rings. The smallest absolute Gasteiger partial charge is 0.387 e. The second-order valence-corrected chi connectivity index (χ2v) is 6.06. The number of hydrogen-bond acceptors (Lipinski definition) is 4. The van der Waals surface area contributed by atoms with Crippen molar-refractivity contribution in [3.8, 4) is 5.75 Å². The number of alkyl halides is 2. The Morgan fingerprint density at radius 2 is 1.96 bits per heavy atom. The molecule has 5 nitrogen and oxygen atoms in total. The highest BCUT2D eigenvalue weighted by Gasteiger charge is 2.27. The van der Waals surface area contributed by atoms with Crippen LogP contribution in [0.4, 0.5) is 8.78 Å². The van der Waals surface area contributed by atoms with Crippen molar-refractivity contribution >= 4 is 0 Å². The lowest BCUT2D eigenvalue weighted by Crippen LogP contribution is -2.35. The highest BCUT2D eigenvalue weighted by molar-refractivity contribution is 5.27. The van der Waals surface area contributed by atoms with Crippen LogP contribution < -0.4 is 4.74 Å². The van der Waals surface area contributed by atoms with E-state index in [9.17, 15) is 13.9 Å². The van der Waals surface area contributed by atoms with Gasteiger partial charge in [0.25, 0.3) is 0 Å². The van der Waals surface area contributed by atoms with Crippen LogP contribution in [-0.4, -0.2) is 39.7 Å². The van der Waals surface area contributed by atoms with E-state index in [1.807, 2.05) is 12.1 Å². The Bertz CT molecular complexity index is 611. The highest BCUT2D eigenvalue weighted by Crippen LogP contribution is 2.29. The lowest BCUT2D eigenvalue weighted by molar-refractivity contribution is -0.0498. The first-order valence-corrected chi connectivity index (χ1v) is 8.05. The van der Waals surface area contributed by atoms with Crippen LogP contribution in [0.1, 0.15) is 30.3 Å². The zero-order chi connectivity index (χ0) is 16.9. The van der Waals surface area contributed by atoms with Gasteiger partial charge in [-0.2, -0.15) is 8.78 Å². The number of aromatic nitrogens is 2. The van der Waals surface area contributed by atoms with Gasteiger partial charge in [0.2, 0.25) is 0 Å². The first-order valence-electron chi connectivity index (χ1n) is 8.05. The van der Waals surface area contributed by atoms with Crippen LogP contribution in [0, 0.1) is 5.92 Å². The molecule has 0 unspecified atom stereocenters. The van der Waals surface area contributed by atoms with Crippen LogP contribution >= 0.6 is 0 Å². The van der Waals surface area contributed by atoms with Crippen molar-refractivity contribution in [2.75, 3.05) is 13.1 Å². The summed E-state index contributed by atoms with van der Waals surface area (Å²) in [6.07, 6.45) is 4.61. The van der Waals surface area contributed by atoms with E-state index < -0.39 is 12.7 Å². The fraction of sp³-hybridized carbons (Fsp3) is 0.471. The fourth-order valence-corrected chi connectivity index (χ4v) is 3.12. The minimum absolute atomic E-state index is 0.175. The third-order valence-corrected chi connectivity index (χ3v) is 4.43. The zero-order valence-corrected chi connectivity index (χ0v) is 13.2. The predicted molar refractivity (Wildman–Crippen MR) is 84.6 cm³/mol. The summed E-state index contributed by atoms with van der Waals surface area (Å²) in [5.74, 6) is 1.01. The van der Waals surface area contributed by atoms with Crippen molar-refractivity contribution in [2.45, 2.75) is 32.1 Å². The fourth-order valence-electron chi connectivity index (χ4n) is 3.12. The number of rotatable bonds is 6. The molecule has 1 atom stereocenters. The summed E-state index contributed by atoms with van der Waals surface area (Å²) < 4.78 is 28.6. The number of hydrogen-bond donors (Lipinski definition) is 2. The summed E-state index contributed by atoms with van der Waals surface area (Å²) >= 11 is 0. The van der Waals surface area contributed by atoms with Gasteiger partial charge in [-0.05, 0) is 49.5 Å². The van der Waals surface area contributed by atoms with Crippen LogP contribution in [0.25, 0.3) is 0 Å². The van der Waals surface area contributed by atoms with Crippen LogP contribution in [0.15, 0.2) is 36.7 Å².